The van der Waals surface area contributed by atoms with Crippen LogP contribution < -0.4 is 27.4 Å². The molecule has 41 heavy (non-hydrogen) atoms. The van der Waals surface area contributed by atoms with Crippen molar-refractivity contribution in [3.63, 3.8) is 0 Å². The molecular formula is C25H49N5O11. The minimum Gasteiger partial charge on any atom is -0.467 e. The maximum atomic E-state index is 11.5. The van der Waals surface area contributed by atoms with Crippen LogP contribution in [0.25, 0.3) is 0 Å². The number of ether oxygens (including phenoxy) is 4. The van der Waals surface area contributed by atoms with Gasteiger partial charge in [0.05, 0.1) is 57.2 Å². The molecule has 0 aromatic carbocycles. The van der Waals surface area contributed by atoms with E-state index >= 15 is 0 Å². The van der Waals surface area contributed by atoms with E-state index in [1.54, 1.807) is 13.1 Å². The molecule has 0 spiro atoms. The normalized spacial score (nSPS) is 40.7. The van der Waals surface area contributed by atoms with E-state index in [2.05, 4.69) is 16.0 Å². The van der Waals surface area contributed by atoms with Crippen LogP contribution in [0, 0.1) is 0 Å². The first kappa shape index (κ1) is 34.4. The summed E-state index contributed by atoms with van der Waals surface area (Å²) in [4.78, 5) is 0. The molecule has 16 nitrogen and oxygen atoms in total. The number of nitrogens with two attached hydrogens (primary N) is 2. The smallest absolute Gasteiger partial charge is 0.215 e. The largest absolute Gasteiger partial charge is 0.467 e. The fraction of sp³-hybridized carbons (Fsp3) is 0.920. The van der Waals surface area contributed by atoms with Crippen LogP contribution in [0.4, 0.5) is 0 Å². The zero-order valence-electron chi connectivity index (χ0n) is 23.6. The van der Waals surface area contributed by atoms with Crippen molar-refractivity contribution >= 4 is 0 Å². The molecule has 0 aromatic heterocycles. The summed E-state index contributed by atoms with van der Waals surface area (Å²) >= 11 is 0. The van der Waals surface area contributed by atoms with Crippen LogP contribution in [0.1, 0.15) is 19.8 Å². The molecule has 1 saturated carbocycles. The lowest BCUT2D eigenvalue weighted by Crippen LogP contribution is -2.69. The summed E-state index contributed by atoms with van der Waals surface area (Å²) in [7, 11) is 1.58. The second-order valence-corrected chi connectivity index (χ2v) is 11.2. The zero-order valence-corrected chi connectivity index (χ0v) is 23.6. The van der Waals surface area contributed by atoms with Gasteiger partial charge in [0, 0.05) is 18.6 Å². The minimum absolute atomic E-state index is 0.149. The molecule has 1 aliphatic carbocycles. The predicted octanol–water partition coefficient (Wildman–Crippen LogP) is -5.88. The van der Waals surface area contributed by atoms with E-state index in [0.717, 1.165) is 0 Å². The van der Waals surface area contributed by atoms with E-state index in [-0.39, 0.29) is 45.9 Å². The Balaban J connectivity index is 1.74. The Morgan fingerprint density at radius 3 is 2.37 bits per heavy atom. The third-order valence-electron chi connectivity index (χ3n) is 7.76. The van der Waals surface area contributed by atoms with Crippen LogP contribution in [0.15, 0.2) is 11.8 Å². The van der Waals surface area contributed by atoms with E-state index in [4.69, 9.17) is 35.5 Å². The summed E-state index contributed by atoms with van der Waals surface area (Å²) in [6.07, 6.45) is -5.56. The highest BCUT2D eigenvalue weighted by atomic mass is 16.7. The molecular weight excluding hydrogens is 546 g/mol. The van der Waals surface area contributed by atoms with Crippen LogP contribution >= 0.6 is 0 Å². The van der Waals surface area contributed by atoms with Gasteiger partial charge in [0.1, 0.15) is 35.8 Å². The minimum atomic E-state index is -1.39. The monoisotopic (exact) mass is 595 g/mol. The molecule has 0 bridgehead atoms. The maximum Gasteiger partial charge on any atom is 0.215 e. The molecule has 16 heteroatoms. The second-order valence-electron chi connectivity index (χ2n) is 11.2. The van der Waals surface area contributed by atoms with Gasteiger partial charge in [-0.1, -0.05) is 0 Å². The summed E-state index contributed by atoms with van der Waals surface area (Å²) in [6, 6.07) is -3.53. The van der Waals surface area contributed by atoms with E-state index < -0.39 is 78.9 Å². The van der Waals surface area contributed by atoms with Gasteiger partial charge in [-0.05, 0) is 32.9 Å². The lowest BCUT2D eigenvalue weighted by molar-refractivity contribution is -0.304. The molecule has 0 amide bonds. The molecule has 3 aliphatic rings. The van der Waals surface area contributed by atoms with Gasteiger partial charge in [0.15, 0.2) is 6.29 Å². The van der Waals surface area contributed by atoms with Crippen molar-refractivity contribution in [1.82, 2.24) is 16.0 Å². The Morgan fingerprint density at radius 2 is 1.73 bits per heavy atom. The van der Waals surface area contributed by atoms with Gasteiger partial charge < -0.3 is 82.1 Å². The fourth-order valence-electron chi connectivity index (χ4n) is 5.43. The molecule has 2 aliphatic heterocycles. The highest BCUT2D eigenvalue weighted by molar-refractivity contribution is 5.05. The summed E-state index contributed by atoms with van der Waals surface area (Å²) in [5.74, 6) is 0.505. The number of nitrogens with one attached hydrogen (secondary N) is 3. The van der Waals surface area contributed by atoms with Crippen molar-refractivity contribution in [2.45, 2.75) is 98.7 Å². The van der Waals surface area contributed by atoms with E-state index in [1.165, 1.54) is 6.92 Å². The van der Waals surface area contributed by atoms with E-state index in [1.807, 2.05) is 0 Å². The van der Waals surface area contributed by atoms with Crippen LogP contribution in [-0.2, 0) is 18.9 Å². The summed E-state index contributed by atoms with van der Waals surface area (Å²) < 4.78 is 23.8. The van der Waals surface area contributed by atoms with E-state index in [9.17, 15) is 30.6 Å². The summed E-state index contributed by atoms with van der Waals surface area (Å²) in [5, 5.41) is 79.7. The Kier molecular flexibility index (Phi) is 13.1. The Bertz CT molecular complexity index is 823. The number of likely N-dealkylation sites (N-methyl/N-ethyl adjacent to an activating group) is 1. The molecule has 12 atom stereocenters. The van der Waals surface area contributed by atoms with Crippen molar-refractivity contribution in [2.24, 2.45) is 11.5 Å². The van der Waals surface area contributed by atoms with Gasteiger partial charge in [0.2, 0.25) is 6.29 Å². The molecule has 2 unspecified atom stereocenters. The molecule has 14 N–H and O–H groups in total. The van der Waals surface area contributed by atoms with Crippen molar-refractivity contribution in [1.29, 1.82) is 0 Å². The molecule has 1 saturated heterocycles. The first-order valence-corrected chi connectivity index (χ1v) is 14.0. The standard InChI is InChI=1S/C25H49N5O11/c1-25(37)11-38-24(19(36)22(25)28-2)41-21-17(30-12(8-31)9-32)5-16(27)20(18(21)35)40-23-15(26)4-3-14(39-23)7-29-6-13(34)10-33/h3,12-13,15-24,28-37H,4-11,26-27H2,1-2H3/t13?,15-,16+,17-,18+,19-,20?,21+,22-,23-,24-,25+/m1/s1. The Labute approximate surface area is 239 Å². The second kappa shape index (κ2) is 15.6. The van der Waals surface area contributed by atoms with Crippen LogP contribution in [0.3, 0.4) is 0 Å². The molecule has 2 fully saturated rings. The lowest BCUT2D eigenvalue weighted by Gasteiger charge is -2.49. The van der Waals surface area contributed by atoms with Gasteiger partial charge >= 0.3 is 0 Å². The number of hydrogen-bond acceptors (Lipinski definition) is 16. The molecule has 0 aromatic rings. The molecule has 2 heterocycles. The number of aliphatic hydroxyl groups excluding tert-OH is 6. The molecule has 240 valence electrons. The zero-order chi connectivity index (χ0) is 30.3. The van der Waals surface area contributed by atoms with Crippen molar-refractivity contribution in [3.05, 3.63) is 11.8 Å². The van der Waals surface area contributed by atoms with Crippen molar-refractivity contribution in [3.8, 4) is 0 Å². The van der Waals surface area contributed by atoms with Crippen molar-refractivity contribution < 1.29 is 54.7 Å². The first-order valence-electron chi connectivity index (χ1n) is 14.0. The number of rotatable bonds is 14. The number of hydrogen-bond donors (Lipinski definition) is 12. The van der Waals surface area contributed by atoms with Crippen LogP contribution in [0.2, 0.25) is 0 Å². The quantitative estimate of drug-likeness (QED) is 0.0891. The molecule has 0 radical (unpaired) electrons. The van der Waals surface area contributed by atoms with Gasteiger partial charge in [-0.3, -0.25) is 0 Å². The fourth-order valence-corrected chi connectivity index (χ4v) is 5.43. The van der Waals surface area contributed by atoms with Crippen LogP contribution in [-0.4, -0.2) is 161 Å². The van der Waals surface area contributed by atoms with Gasteiger partial charge in [-0.15, -0.1) is 0 Å². The Hall–Kier alpha value is -1.06. The third kappa shape index (κ3) is 8.75. The third-order valence-corrected chi connectivity index (χ3v) is 7.76. The lowest BCUT2D eigenvalue weighted by atomic mass is 9.83. The van der Waals surface area contributed by atoms with Gasteiger partial charge in [-0.2, -0.15) is 0 Å². The first-order chi connectivity index (χ1) is 19.4. The highest BCUT2D eigenvalue weighted by Gasteiger charge is 2.51. The van der Waals surface area contributed by atoms with Crippen LogP contribution in [0.5, 0.6) is 0 Å². The molecule has 3 rings (SSSR count). The topological polar surface area (TPSA) is 267 Å². The van der Waals surface area contributed by atoms with Gasteiger partial charge in [-0.25, -0.2) is 0 Å². The maximum absolute atomic E-state index is 11.5. The average Bonchev–Trinajstić information content (AvgIpc) is 2.94. The average molecular weight is 596 g/mol. The predicted molar refractivity (Wildman–Crippen MR) is 144 cm³/mol. The SMILES string of the molecule is CN[C@@H]1[C@@H](O)[C@@H](O[C@H]2[C@H](NC(CO)CO)C[C@H](N)C(O[C@H]3OC(CNCC(O)CO)=CC[C@H]3N)[C@@H]2O)OC[C@]1(C)O. The van der Waals surface area contributed by atoms with E-state index in [0.29, 0.717) is 12.2 Å². The summed E-state index contributed by atoms with van der Waals surface area (Å²) in [5.41, 5.74) is 11.3. The van der Waals surface area contributed by atoms with Crippen molar-refractivity contribution in [2.75, 3.05) is 46.6 Å². The Morgan fingerprint density at radius 1 is 1.05 bits per heavy atom. The summed E-state index contributed by atoms with van der Waals surface area (Å²) in [6.45, 7) is 0.607. The number of aliphatic hydroxyl groups is 7. The highest BCUT2D eigenvalue weighted by Crippen LogP contribution is 2.32. The van der Waals surface area contributed by atoms with Gasteiger partial charge in [0.25, 0.3) is 0 Å².